The van der Waals surface area contributed by atoms with Crippen LogP contribution in [-0.4, -0.2) is 29.3 Å². The number of aromatic nitrogens is 2. The fourth-order valence-electron chi connectivity index (χ4n) is 2.26. The summed E-state index contributed by atoms with van der Waals surface area (Å²) in [4.78, 5) is 0. The monoisotopic (exact) mass is 239 g/mol. The van der Waals surface area contributed by atoms with Gasteiger partial charge in [-0.2, -0.15) is 5.26 Å². The maximum absolute atomic E-state index is 9.14. The Labute approximate surface area is 105 Å². The fourth-order valence-corrected chi connectivity index (χ4v) is 2.26. The molecule has 1 unspecified atom stereocenters. The average Bonchev–Trinajstić information content (AvgIpc) is 2.92. The van der Waals surface area contributed by atoms with Gasteiger partial charge < -0.3 is 10.6 Å². The SMILES string of the molecule is N#Cc1nnc2ccccc2c1NC1CCNC1. The van der Waals surface area contributed by atoms with Gasteiger partial charge in [-0.25, -0.2) is 0 Å². The summed E-state index contributed by atoms with van der Waals surface area (Å²) in [5.74, 6) is 0. The number of hydrogen-bond acceptors (Lipinski definition) is 5. The normalized spacial score (nSPS) is 18.7. The van der Waals surface area contributed by atoms with Crippen LogP contribution in [0.2, 0.25) is 0 Å². The molecular formula is C13H13N5. The molecule has 0 amide bonds. The Balaban J connectivity index is 2.08. The second-order valence-corrected chi connectivity index (χ2v) is 4.39. The lowest BCUT2D eigenvalue weighted by molar-refractivity contribution is 0.792. The van der Waals surface area contributed by atoms with Gasteiger partial charge in [-0.3, -0.25) is 0 Å². The van der Waals surface area contributed by atoms with Crippen molar-refractivity contribution in [3.8, 4) is 6.07 Å². The second-order valence-electron chi connectivity index (χ2n) is 4.39. The van der Waals surface area contributed by atoms with E-state index in [0.29, 0.717) is 11.7 Å². The lowest BCUT2D eigenvalue weighted by Gasteiger charge is -2.15. The summed E-state index contributed by atoms with van der Waals surface area (Å²) in [6, 6.07) is 10.2. The lowest BCUT2D eigenvalue weighted by Crippen LogP contribution is -2.23. The molecule has 1 saturated heterocycles. The van der Waals surface area contributed by atoms with Gasteiger partial charge in [0.15, 0.2) is 5.69 Å². The first kappa shape index (κ1) is 10.9. The third-order valence-corrected chi connectivity index (χ3v) is 3.18. The number of nitrogens with one attached hydrogen (secondary N) is 2. The number of anilines is 1. The largest absolute Gasteiger partial charge is 0.378 e. The zero-order valence-corrected chi connectivity index (χ0v) is 9.85. The summed E-state index contributed by atoms with van der Waals surface area (Å²) in [6.45, 7) is 1.93. The van der Waals surface area contributed by atoms with E-state index in [9.17, 15) is 0 Å². The zero-order chi connectivity index (χ0) is 12.4. The Morgan fingerprint density at radius 3 is 3.00 bits per heavy atom. The molecule has 1 atom stereocenters. The molecule has 2 heterocycles. The molecule has 0 spiro atoms. The molecule has 2 N–H and O–H groups in total. The number of hydrogen-bond donors (Lipinski definition) is 2. The highest BCUT2D eigenvalue weighted by Crippen LogP contribution is 2.25. The van der Waals surface area contributed by atoms with Crippen LogP contribution >= 0.6 is 0 Å². The predicted molar refractivity (Wildman–Crippen MR) is 69.2 cm³/mol. The van der Waals surface area contributed by atoms with Gasteiger partial charge in [0.25, 0.3) is 0 Å². The van der Waals surface area contributed by atoms with Gasteiger partial charge in [0.1, 0.15) is 6.07 Å². The molecule has 1 aliphatic heterocycles. The summed E-state index contributed by atoms with van der Waals surface area (Å²) < 4.78 is 0. The first-order valence-corrected chi connectivity index (χ1v) is 6.01. The smallest absolute Gasteiger partial charge is 0.186 e. The first-order valence-electron chi connectivity index (χ1n) is 6.01. The van der Waals surface area contributed by atoms with Crippen molar-refractivity contribution in [2.45, 2.75) is 12.5 Å². The Morgan fingerprint density at radius 1 is 1.33 bits per heavy atom. The van der Waals surface area contributed by atoms with Crippen molar-refractivity contribution in [3.05, 3.63) is 30.0 Å². The van der Waals surface area contributed by atoms with Crippen molar-refractivity contribution in [2.75, 3.05) is 18.4 Å². The van der Waals surface area contributed by atoms with Crippen LogP contribution in [0, 0.1) is 11.3 Å². The number of nitrogens with zero attached hydrogens (tertiary/aromatic N) is 3. The fraction of sp³-hybridized carbons (Fsp3) is 0.308. The van der Waals surface area contributed by atoms with Crippen molar-refractivity contribution in [1.29, 1.82) is 5.26 Å². The van der Waals surface area contributed by atoms with Crippen LogP contribution in [0.25, 0.3) is 10.9 Å². The molecule has 2 aromatic rings. The van der Waals surface area contributed by atoms with E-state index in [1.54, 1.807) is 0 Å². The molecule has 0 aliphatic carbocycles. The summed E-state index contributed by atoms with van der Waals surface area (Å²) in [5, 5.41) is 24.8. The molecule has 1 fully saturated rings. The second kappa shape index (κ2) is 4.59. The molecule has 3 rings (SSSR count). The maximum atomic E-state index is 9.14. The topological polar surface area (TPSA) is 73.6 Å². The average molecular weight is 239 g/mol. The van der Waals surface area contributed by atoms with Gasteiger partial charge >= 0.3 is 0 Å². The Hall–Kier alpha value is -2.19. The van der Waals surface area contributed by atoms with Gasteiger partial charge in [-0.1, -0.05) is 18.2 Å². The molecule has 18 heavy (non-hydrogen) atoms. The van der Waals surface area contributed by atoms with Crippen LogP contribution in [-0.2, 0) is 0 Å². The third kappa shape index (κ3) is 1.87. The summed E-state index contributed by atoms with van der Waals surface area (Å²) in [7, 11) is 0. The minimum absolute atomic E-state index is 0.352. The number of rotatable bonds is 2. The van der Waals surface area contributed by atoms with Gasteiger partial charge in [-0.05, 0) is 19.0 Å². The standard InChI is InChI=1S/C13H13N5/c14-7-12-13(16-9-5-6-15-8-9)10-3-1-2-4-11(10)17-18-12/h1-4,9,15H,5-6,8H2,(H,16,17). The van der Waals surface area contributed by atoms with E-state index in [2.05, 4.69) is 26.9 Å². The minimum Gasteiger partial charge on any atom is -0.378 e. The maximum Gasteiger partial charge on any atom is 0.186 e. The van der Waals surface area contributed by atoms with Gasteiger partial charge in [0.2, 0.25) is 0 Å². The quantitative estimate of drug-likeness (QED) is 0.825. The predicted octanol–water partition coefficient (Wildman–Crippen LogP) is 1.28. The van der Waals surface area contributed by atoms with E-state index in [1.165, 1.54) is 0 Å². The van der Waals surface area contributed by atoms with E-state index in [1.807, 2.05) is 24.3 Å². The molecule has 5 nitrogen and oxygen atoms in total. The van der Waals surface area contributed by atoms with E-state index in [0.717, 1.165) is 36.1 Å². The van der Waals surface area contributed by atoms with Gasteiger partial charge in [0, 0.05) is 18.0 Å². The molecule has 0 saturated carbocycles. The molecule has 1 aromatic carbocycles. The summed E-state index contributed by atoms with van der Waals surface area (Å²) in [6.07, 6.45) is 1.06. The minimum atomic E-state index is 0.352. The molecule has 1 aliphatic rings. The first-order chi connectivity index (χ1) is 8.88. The van der Waals surface area contributed by atoms with Crippen molar-refractivity contribution in [2.24, 2.45) is 0 Å². The van der Waals surface area contributed by atoms with Crippen LogP contribution in [0.1, 0.15) is 12.1 Å². The molecule has 1 aromatic heterocycles. The van der Waals surface area contributed by atoms with Crippen LogP contribution in [0.15, 0.2) is 24.3 Å². The number of nitriles is 1. The van der Waals surface area contributed by atoms with E-state index in [4.69, 9.17) is 5.26 Å². The summed E-state index contributed by atoms with van der Waals surface area (Å²) >= 11 is 0. The number of fused-ring (bicyclic) bond motifs is 1. The van der Waals surface area contributed by atoms with Crippen molar-refractivity contribution >= 4 is 16.6 Å². The molecule has 90 valence electrons. The number of benzene rings is 1. The highest BCUT2D eigenvalue weighted by atomic mass is 15.1. The highest BCUT2D eigenvalue weighted by Gasteiger charge is 2.18. The molecular weight excluding hydrogens is 226 g/mol. The van der Waals surface area contributed by atoms with Crippen LogP contribution < -0.4 is 10.6 Å². The van der Waals surface area contributed by atoms with E-state index >= 15 is 0 Å². The van der Waals surface area contributed by atoms with Gasteiger partial charge in [0.05, 0.1) is 11.2 Å². The van der Waals surface area contributed by atoms with Gasteiger partial charge in [-0.15, -0.1) is 10.2 Å². The zero-order valence-electron chi connectivity index (χ0n) is 9.85. The molecule has 5 heteroatoms. The highest BCUT2D eigenvalue weighted by molar-refractivity contribution is 5.92. The molecule has 0 bridgehead atoms. The Kier molecular flexibility index (Phi) is 2.79. The van der Waals surface area contributed by atoms with E-state index < -0.39 is 0 Å². The van der Waals surface area contributed by atoms with Crippen LogP contribution in [0.5, 0.6) is 0 Å². The van der Waals surface area contributed by atoms with Crippen LogP contribution in [0.3, 0.4) is 0 Å². The molecule has 0 radical (unpaired) electrons. The summed E-state index contributed by atoms with van der Waals surface area (Å²) in [5.41, 5.74) is 1.97. The van der Waals surface area contributed by atoms with Crippen LogP contribution in [0.4, 0.5) is 5.69 Å². The lowest BCUT2D eigenvalue weighted by atomic mass is 10.1. The van der Waals surface area contributed by atoms with E-state index in [-0.39, 0.29) is 0 Å². The Morgan fingerprint density at radius 2 is 2.22 bits per heavy atom. The third-order valence-electron chi connectivity index (χ3n) is 3.18. The van der Waals surface area contributed by atoms with Crippen molar-refractivity contribution < 1.29 is 0 Å². The van der Waals surface area contributed by atoms with Crippen molar-refractivity contribution in [1.82, 2.24) is 15.5 Å². The van der Waals surface area contributed by atoms with Crippen molar-refractivity contribution in [3.63, 3.8) is 0 Å². The Bertz CT molecular complexity index is 610.